The summed E-state index contributed by atoms with van der Waals surface area (Å²) in [5.41, 5.74) is 15.5. The van der Waals surface area contributed by atoms with Crippen LogP contribution in [0, 0.1) is 11.3 Å². The van der Waals surface area contributed by atoms with Gasteiger partial charge in [-0.05, 0) is 0 Å². The predicted octanol–water partition coefficient (Wildman–Crippen LogP) is 1.86. The van der Waals surface area contributed by atoms with E-state index < -0.39 is 0 Å². The zero-order valence-corrected chi connectivity index (χ0v) is 10.8. The van der Waals surface area contributed by atoms with Gasteiger partial charge in [0.25, 0.3) is 0 Å². The second-order valence-electron chi connectivity index (χ2n) is 5.68. The normalized spacial score (nSPS) is 22.7. The molecule has 0 aromatic rings. The van der Waals surface area contributed by atoms with Crippen LogP contribution in [0.4, 0.5) is 0 Å². The van der Waals surface area contributed by atoms with Gasteiger partial charge in [0.05, 0.1) is 0 Å². The summed E-state index contributed by atoms with van der Waals surface area (Å²) in [6.45, 7) is 8.37. The van der Waals surface area contributed by atoms with Crippen molar-refractivity contribution in [3.63, 3.8) is 0 Å². The maximum absolute atomic E-state index is 6.08. The molecule has 1 aliphatic carbocycles. The number of allylic oxidation sites excluding steroid dienone is 3. The predicted molar refractivity (Wildman–Crippen MR) is 72.1 cm³/mol. The van der Waals surface area contributed by atoms with Gasteiger partial charge in [-0.15, -0.1) is 0 Å². The number of hydrogen-bond donors (Lipinski definition) is 2. The van der Waals surface area contributed by atoms with Crippen molar-refractivity contribution in [2.45, 2.75) is 40.5 Å². The van der Waals surface area contributed by atoms with E-state index in [9.17, 15) is 0 Å². The average Bonchev–Trinajstić information content (AvgIpc) is 2.44. The van der Waals surface area contributed by atoms with Crippen molar-refractivity contribution in [2.24, 2.45) is 22.8 Å². The minimum atomic E-state index is -0.0538. The molecule has 0 heterocycles. The first-order valence-electron chi connectivity index (χ1n) is 5.82. The van der Waals surface area contributed by atoms with E-state index in [-0.39, 0.29) is 5.41 Å². The van der Waals surface area contributed by atoms with Crippen LogP contribution in [-0.2, 0) is 0 Å². The van der Waals surface area contributed by atoms with E-state index >= 15 is 0 Å². The van der Waals surface area contributed by atoms with Crippen molar-refractivity contribution < 1.29 is 0 Å². The fourth-order valence-corrected chi connectivity index (χ4v) is 1.90. The summed E-state index contributed by atoms with van der Waals surface area (Å²) < 4.78 is 0. The second kappa shape index (κ2) is 4.48. The molecule has 0 aromatic carbocycles. The molecule has 0 spiro atoms. The van der Waals surface area contributed by atoms with Gasteiger partial charge in [-0.2, -0.15) is 0 Å². The Bertz CT molecular complexity index is 359. The number of hydrogen-bond acceptors (Lipinski definition) is 2. The van der Waals surface area contributed by atoms with Crippen LogP contribution in [0.25, 0.3) is 0 Å². The monoisotopic (exact) mass is 217 g/mol. The van der Waals surface area contributed by atoms with E-state index in [1.54, 1.807) is 0 Å². The molecule has 0 saturated heterocycles. The second-order valence-corrected chi connectivity index (χ2v) is 5.68. The first-order chi connectivity index (χ1) is 7.23. The Labute approximate surface area is 99.9 Å². The average molecular weight is 217 g/mol. The van der Waals surface area contributed by atoms with Crippen molar-refractivity contribution in [3.05, 3.63) is 23.0 Å². The summed E-state index contributed by atoms with van der Waals surface area (Å²) in [6.07, 6.45) is 3.90. The third kappa shape index (κ3) is 2.78. The van der Waals surface area contributed by atoms with Crippen LogP contribution in [-0.4, -0.2) is 13.0 Å². The number of rotatable bonds is 2. The molecule has 4 N–H and O–H groups in total. The van der Waals surface area contributed by atoms with Crippen molar-refractivity contribution >= 4 is 13.0 Å². The van der Waals surface area contributed by atoms with E-state index in [4.69, 9.17) is 19.0 Å². The van der Waals surface area contributed by atoms with Gasteiger partial charge in [0.15, 0.2) is 0 Å². The Balaban J connectivity index is 2.95. The first-order valence-corrected chi connectivity index (χ1v) is 5.82. The minimum absolute atomic E-state index is 0.0538. The summed E-state index contributed by atoms with van der Waals surface area (Å²) in [5.74, 6) is 0.448. The molecule has 0 fully saturated rings. The Hall–Kier alpha value is -0.985. The summed E-state index contributed by atoms with van der Waals surface area (Å²) in [7, 11) is 6.01. The van der Waals surface area contributed by atoms with Crippen LogP contribution >= 0.6 is 0 Å². The van der Waals surface area contributed by atoms with Gasteiger partial charge in [-0.1, -0.05) is 0 Å². The van der Waals surface area contributed by atoms with E-state index in [2.05, 4.69) is 27.7 Å². The molecule has 1 aliphatic rings. The van der Waals surface area contributed by atoms with Crippen LogP contribution in [0.2, 0.25) is 0 Å². The molecule has 0 saturated carbocycles. The van der Waals surface area contributed by atoms with Crippen LogP contribution in [0.15, 0.2) is 23.0 Å². The van der Waals surface area contributed by atoms with E-state index in [0.29, 0.717) is 5.92 Å². The van der Waals surface area contributed by atoms with Gasteiger partial charge in [-0.25, -0.2) is 0 Å². The van der Waals surface area contributed by atoms with Crippen molar-refractivity contribution in [2.75, 3.05) is 0 Å². The van der Waals surface area contributed by atoms with Crippen LogP contribution in [0.5, 0.6) is 0 Å². The molecular weight excluding hydrogens is 195 g/mol. The Morgan fingerprint density at radius 3 is 2.38 bits per heavy atom. The topological polar surface area (TPSA) is 52.0 Å². The zero-order valence-electron chi connectivity index (χ0n) is 10.8. The maximum atomic E-state index is 6.08. The number of nitrogens with two attached hydrogens (primary N) is 2. The summed E-state index contributed by atoms with van der Waals surface area (Å²) in [4.78, 5) is 0. The van der Waals surface area contributed by atoms with Crippen molar-refractivity contribution in [1.82, 2.24) is 0 Å². The van der Waals surface area contributed by atoms with Gasteiger partial charge in [0, 0.05) is 0 Å². The van der Waals surface area contributed by atoms with Crippen LogP contribution in [0.1, 0.15) is 40.5 Å². The molecular formula is C13H22BN2. The molecule has 87 valence electrons. The molecule has 3 heteroatoms. The van der Waals surface area contributed by atoms with E-state index in [1.807, 2.05) is 6.08 Å². The summed E-state index contributed by atoms with van der Waals surface area (Å²) >= 11 is 0. The third-order valence-corrected chi connectivity index (χ3v) is 3.17. The van der Waals surface area contributed by atoms with E-state index in [1.165, 1.54) is 0 Å². The SMILES string of the molecule is [B]=C(/C=C(/N)C1=C(N)CCC1C)C(C)(C)C. The third-order valence-electron chi connectivity index (χ3n) is 3.17. The van der Waals surface area contributed by atoms with E-state index in [0.717, 1.165) is 35.3 Å². The van der Waals surface area contributed by atoms with Gasteiger partial charge in [0.1, 0.15) is 0 Å². The van der Waals surface area contributed by atoms with Crippen LogP contribution < -0.4 is 11.5 Å². The fourth-order valence-electron chi connectivity index (χ4n) is 1.90. The molecule has 1 rings (SSSR count). The first kappa shape index (κ1) is 13.1. The Morgan fingerprint density at radius 1 is 1.44 bits per heavy atom. The fraction of sp³-hybridized carbons (Fsp3) is 0.615. The summed E-state index contributed by atoms with van der Waals surface area (Å²) in [6, 6.07) is 0. The quantitative estimate of drug-likeness (QED) is 0.693. The summed E-state index contributed by atoms with van der Waals surface area (Å²) in [5, 5.41) is 0. The van der Waals surface area contributed by atoms with Crippen molar-refractivity contribution in [3.8, 4) is 0 Å². The molecule has 1 unspecified atom stereocenters. The van der Waals surface area contributed by atoms with Gasteiger partial charge in [-0.3, -0.25) is 0 Å². The molecule has 0 amide bonds. The molecule has 0 bridgehead atoms. The van der Waals surface area contributed by atoms with Crippen molar-refractivity contribution in [1.29, 1.82) is 0 Å². The van der Waals surface area contributed by atoms with Gasteiger partial charge >= 0.3 is 99.3 Å². The zero-order chi connectivity index (χ0) is 12.5. The molecule has 1 radical (unpaired) electrons. The Morgan fingerprint density at radius 2 is 2.00 bits per heavy atom. The molecule has 16 heavy (non-hydrogen) atoms. The molecule has 0 aromatic heterocycles. The Kier molecular flexibility index (Phi) is 3.66. The van der Waals surface area contributed by atoms with Gasteiger partial charge < -0.3 is 0 Å². The standard InChI is InChI=1S/C13H22BN2/c1-8-5-6-9(15)12(8)10(16)7-11(14)13(2,3)4/h7-8H,5-6,15-16H2,1-4H3/b10-7+. The molecule has 1 atom stereocenters. The molecule has 0 aliphatic heterocycles. The van der Waals surface area contributed by atoms with Crippen LogP contribution in [0.3, 0.4) is 0 Å². The van der Waals surface area contributed by atoms with Gasteiger partial charge in [0.2, 0.25) is 0 Å². The molecule has 2 nitrogen and oxygen atoms in total.